The highest BCUT2D eigenvalue weighted by Gasteiger charge is 2.11. The van der Waals surface area contributed by atoms with Gasteiger partial charge in [-0.05, 0) is 43.2 Å². The van der Waals surface area contributed by atoms with Gasteiger partial charge in [0, 0.05) is 6.42 Å². The summed E-state index contributed by atoms with van der Waals surface area (Å²) in [4.78, 5) is 34.9. The van der Waals surface area contributed by atoms with Gasteiger partial charge in [0.25, 0.3) is 5.09 Å². The minimum absolute atomic E-state index is 0.0314. The molecule has 1 unspecified atom stereocenters. The summed E-state index contributed by atoms with van der Waals surface area (Å²) in [7, 11) is -1.85. The molecule has 4 N–H and O–H groups in total. The molecule has 236 valence electrons. The molecule has 2 aromatic rings. The number of aryl methyl sites for hydroxylation is 2. The van der Waals surface area contributed by atoms with Crippen molar-refractivity contribution in [2.45, 2.75) is 31.6 Å². The van der Waals surface area contributed by atoms with Crippen LogP contribution in [0.15, 0.2) is 51.3 Å². The molecule has 0 amide bonds. The maximum absolute atomic E-state index is 14.7. The van der Waals surface area contributed by atoms with Gasteiger partial charge in [-0.25, -0.2) is 23.7 Å². The molecule has 14 nitrogen and oxygen atoms in total. The second-order valence-electron chi connectivity index (χ2n) is 8.95. The Labute approximate surface area is 250 Å². The number of hydrogen-bond acceptors (Lipinski definition) is 10. The van der Waals surface area contributed by atoms with Crippen molar-refractivity contribution in [3.05, 3.63) is 69.0 Å². The van der Waals surface area contributed by atoms with Crippen LogP contribution in [0.5, 0.6) is 0 Å². The fraction of sp³-hybridized carbons (Fsp3) is 0.444. The smallest absolute Gasteiger partial charge is 0.308 e. The molecule has 0 radical (unpaired) electrons. The molecule has 0 aliphatic rings. The normalized spacial score (nSPS) is 12.7. The number of carbonyl (C=O) groups excluding carboxylic acids is 1. The van der Waals surface area contributed by atoms with Crippen molar-refractivity contribution < 1.29 is 42.3 Å². The summed E-state index contributed by atoms with van der Waals surface area (Å²) < 4.78 is 47.0. The van der Waals surface area contributed by atoms with Crippen molar-refractivity contribution in [3.63, 3.8) is 0 Å². The highest BCUT2D eigenvalue weighted by atomic mass is 32.2. The highest BCUT2D eigenvalue weighted by molar-refractivity contribution is 7.82. The standard InChI is InChI=1S/C27H36FN5O9S/c1-19-3-4-20(2)21(15-19)16-26(31-24-6-5-22(43(30)37)17-23(24)28)32-25(29)18-41-27(34)7-8-38-9-10-39-11-12-40-13-14-42-33(35)36/h3-6,15,17H,7-14,16,18,30H2,1-2H3,(H2,29,31,32). The molecule has 2 aromatic carbocycles. The molecule has 43 heavy (non-hydrogen) atoms. The van der Waals surface area contributed by atoms with E-state index in [-0.39, 0.29) is 88.0 Å². The first-order valence-corrected chi connectivity index (χ1v) is 14.3. The van der Waals surface area contributed by atoms with E-state index in [1.165, 1.54) is 12.1 Å². The van der Waals surface area contributed by atoms with Gasteiger partial charge in [0.2, 0.25) is 0 Å². The third-order valence-electron chi connectivity index (χ3n) is 5.53. The Kier molecular flexibility index (Phi) is 15.9. The first kappa shape index (κ1) is 35.4. The quantitative estimate of drug-likeness (QED) is 0.0582. The molecular formula is C27H36FN5O9S. The molecule has 0 bridgehead atoms. The number of rotatable bonds is 19. The molecule has 0 saturated carbocycles. The Morgan fingerprint density at radius 2 is 1.65 bits per heavy atom. The largest absolute Gasteiger partial charge is 0.457 e. The first-order chi connectivity index (χ1) is 20.5. The van der Waals surface area contributed by atoms with Gasteiger partial charge in [-0.1, -0.05) is 23.8 Å². The lowest BCUT2D eigenvalue weighted by Gasteiger charge is -2.10. The summed E-state index contributed by atoms with van der Waals surface area (Å²) in [5.74, 6) is -1.15. The fourth-order valence-electron chi connectivity index (χ4n) is 3.40. The number of ether oxygens (including phenoxy) is 4. The number of nitrogens with two attached hydrogens (primary N) is 2. The van der Waals surface area contributed by atoms with E-state index < -0.39 is 27.9 Å². The summed E-state index contributed by atoms with van der Waals surface area (Å²) in [5.41, 5.74) is 8.88. The van der Waals surface area contributed by atoms with E-state index in [9.17, 15) is 23.5 Å². The monoisotopic (exact) mass is 625 g/mol. The summed E-state index contributed by atoms with van der Waals surface area (Å²) >= 11 is 0. The van der Waals surface area contributed by atoms with Crippen molar-refractivity contribution in [2.75, 3.05) is 52.9 Å². The van der Waals surface area contributed by atoms with E-state index in [4.69, 9.17) is 29.8 Å². The van der Waals surface area contributed by atoms with Crippen LogP contribution in [0.3, 0.4) is 0 Å². The molecule has 0 spiro atoms. The van der Waals surface area contributed by atoms with Crippen molar-refractivity contribution in [3.8, 4) is 0 Å². The Morgan fingerprint density at radius 1 is 1.00 bits per heavy atom. The van der Waals surface area contributed by atoms with Crippen LogP contribution in [0.1, 0.15) is 23.1 Å². The van der Waals surface area contributed by atoms with Crippen molar-refractivity contribution in [1.29, 1.82) is 0 Å². The van der Waals surface area contributed by atoms with Gasteiger partial charge in [-0.15, -0.1) is 10.1 Å². The average Bonchev–Trinajstić information content (AvgIpc) is 2.95. The molecule has 0 heterocycles. The second kappa shape index (κ2) is 19.4. The van der Waals surface area contributed by atoms with E-state index in [1.807, 2.05) is 32.0 Å². The Bertz CT molecular complexity index is 1310. The topological polar surface area (TPSA) is 200 Å². The van der Waals surface area contributed by atoms with Crippen LogP contribution in [0.25, 0.3) is 0 Å². The second-order valence-corrected chi connectivity index (χ2v) is 10.0. The van der Waals surface area contributed by atoms with Gasteiger partial charge < -0.3 is 29.5 Å². The number of amidine groups is 2. The Morgan fingerprint density at radius 3 is 2.28 bits per heavy atom. The summed E-state index contributed by atoms with van der Waals surface area (Å²) in [6.45, 7) is 4.58. The van der Waals surface area contributed by atoms with Gasteiger partial charge in [0.15, 0.2) is 0 Å². The lowest BCUT2D eigenvalue weighted by atomic mass is 10.0. The van der Waals surface area contributed by atoms with Crippen LogP contribution in [0.4, 0.5) is 10.1 Å². The molecular weight excluding hydrogens is 589 g/mol. The van der Waals surface area contributed by atoms with Crippen LogP contribution in [0.2, 0.25) is 0 Å². The third-order valence-corrected chi connectivity index (χ3v) is 6.25. The van der Waals surface area contributed by atoms with Crippen LogP contribution in [-0.2, 0) is 46.0 Å². The maximum Gasteiger partial charge on any atom is 0.308 e. The number of benzene rings is 2. The molecule has 0 aliphatic carbocycles. The van der Waals surface area contributed by atoms with Crippen LogP contribution < -0.4 is 10.9 Å². The number of nitrogens with zero attached hydrogens (tertiary/aromatic N) is 3. The Balaban J connectivity index is 1.84. The number of hydrogen-bond donors (Lipinski definition) is 2. The van der Waals surface area contributed by atoms with Gasteiger partial charge in [0.1, 0.15) is 47.4 Å². The predicted octanol–water partition coefficient (Wildman–Crippen LogP) is 2.25. The van der Waals surface area contributed by atoms with E-state index in [2.05, 4.69) is 14.8 Å². The lowest BCUT2D eigenvalue weighted by molar-refractivity contribution is -0.758. The summed E-state index contributed by atoms with van der Waals surface area (Å²) in [5, 5.41) is 14.4. The zero-order chi connectivity index (χ0) is 31.6. The van der Waals surface area contributed by atoms with E-state index in [0.717, 1.165) is 22.8 Å². The molecule has 0 fully saturated rings. The molecule has 0 aromatic heterocycles. The van der Waals surface area contributed by atoms with Gasteiger partial charge in [0.05, 0.1) is 51.0 Å². The minimum atomic E-state index is -1.85. The molecule has 2 rings (SSSR count). The van der Waals surface area contributed by atoms with Crippen molar-refractivity contribution in [2.24, 2.45) is 20.9 Å². The van der Waals surface area contributed by atoms with Crippen LogP contribution in [-0.4, -0.2) is 79.8 Å². The molecule has 0 aliphatic heterocycles. The predicted molar refractivity (Wildman–Crippen MR) is 156 cm³/mol. The van der Waals surface area contributed by atoms with E-state index in [1.54, 1.807) is 0 Å². The lowest BCUT2D eigenvalue weighted by Crippen LogP contribution is -2.24. The van der Waals surface area contributed by atoms with Crippen LogP contribution in [0, 0.1) is 29.8 Å². The Hall–Kier alpha value is -3.83. The average molecular weight is 626 g/mol. The fourth-order valence-corrected chi connectivity index (χ4v) is 3.82. The maximum atomic E-state index is 14.7. The van der Waals surface area contributed by atoms with Crippen molar-refractivity contribution in [1.82, 2.24) is 0 Å². The molecule has 16 heteroatoms. The first-order valence-electron chi connectivity index (χ1n) is 13.1. The third kappa shape index (κ3) is 14.8. The van der Waals surface area contributed by atoms with Gasteiger partial charge in [-0.2, -0.15) is 0 Å². The molecule has 1 atom stereocenters. The number of halogens is 1. The summed E-state index contributed by atoms with van der Waals surface area (Å²) in [6.07, 6.45) is 0.195. The molecule has 0 saturated heterocycles. The van der Waals surface area contributed by atoms with Gasteiger partial charge >= 0.3 is 5.97 Å². The zero-order valence-corrected chi connectivity index (χ0v) is 24.8. The van der Waals surface area contributed by atoms with Crippen LogP contribution >= 0.6 is 0 Å². The van der Waals surface area contributed by atoms with E-state index in [0.29, 0.717) is 0 Å². The minimum Gasteiger partial charge on any atom is -0.457 e. The SMILES string of the molecule is Cc1ccc(C)c(CC(N=C(N)COC(=O)CCOCCOCCOCCO[N+](=O)[O-])=Nc2ccc(S(N)=O)cc2F)c1. The number of carbonyl (C=O) groups is 1. The van der Waals surface area contributed by atoms with E-state index >= 15 is 0 Å². The van der Waals surface area contributed by atoms with Crippen molar-refractivity contribution >= 4 is 34.3 Å². The number of esters is 1. The summed E-state index contributed by atoms with van der Waals surface area (Å²) in [6, 6.07) is 9.68. The van der Waals surface area contributed by atoms with Gasteiger partial charge in [-0.3, -0.25) is 4.79 Å². The zero-order valence-electron chi connectivity index (χ0n) is 24.0. The highest BCUT2D eigenvalue weighted by Crippen LogP contribution is 2.22. The number of aliphatic imine (C=N–C) groups is 2.